The van der Waals surface area contributed by atoms with Gasteiger partial charge in [-0.15, -0.1) is 0 Å². The lowest BCUT2D eigenvalue weighted by Crippen LogP contribution is -2.61. The number of nitrogens with zero attached hydrogens (tertiary/aromatic N) is 1. The number of carbonyl (C=O) groups excluding carboxylic acids is 2. The molecule has 8 heteroatoms. The van der Waals surface area contributed by atoms with Crippen molar-refractivity contribution in [3.05, 3.63) is 0 Å². The Hall–Kier alpha value is -1.83. The highest BCUT2D eigenvalue weighted by atomic mass is 16.5. The molecule has 1 unspecified atom stereocenters. The predicted octanol–water partition coefficient (Wildman–Crippen LogP) is -0.720. The average Bonchev–Trinajstić information content (AvgIpc) is 2.89. The van der Waals surface area contributed by atoms with Gasteiger partial charge < -0.3 is 25.8 Å². The van der Waals surface area contributed by atoms with Crippen LogP contribution in [-0.4, -0.2) is 59.3 Å². The van der Waals surface area contributed by atoms with E-state index in [9.17, 15) is 19.5 Å². The van der Waals surface area contributed by atoms with Crippen molar-refractivity contribution in [3.63, 3.8) is 0 Å². The van der Waals surface area contributed by atoms with Crippen LogP contribution in [0.5, 0.6) is 0 Å². The monoisotopic (exact) mass is 285 g/mol. The Morgan fingerprint density at radius 2 is 1.95 bits per heavy atom. The van der Waals surface area contributed by atoms with Gasteiger partial charge in [0.1, 0.15) is 11.6 Å². The van der Waals surface area contributed by atoms with Crippen molar-refractivity contribution in [3.8, 4) is 0 Å². The Balaban J connectivity index is 2.08. The van der Waals surface area contributed by atoms with Gasteiger partial charge in [-0.1, -0.05) is 0 Å². The fraction of sp³-hybridized carbons (Fsp3) is 0.750. The van der Waals surface area contributed by atoms with Crippen molar-refractivity contribution in [2.45, 2.75) is 37.3 Å². The molecule has 112 valence electrons. The molecule has 0 aliphatic carbocycles. The van der Waals surface area contributed by atoms with Crippen molar-refractivity contribution in [1.29, 1.82) is 0 Å². The van der Waals surface area contributed by atoms with E-state index in [0.717, 1.165) is 0 Å². The number of carboxylic acid groups (broad SMARTS) is 1. The minimum Gasteiger partial charge on any atom is -0.480 e. The number of nitrogens with one attached hydrogen (secondary N) is 1. The van der Waals surface area contributed by atoms with Crippen molar-refractivity contribution in [2.24, 2.45) is 5.73 Å². The molecule has 20 heavy (non-hydrogen) atoms. The SMILES string of the molecule is NC(=O)C1CCCN1C(=O)NC1(C(=O)O)CCOCC1. The van der Waals surface area contributed by atoms with Gasteiger partial charge in [-0.3, -0.25) is 4.79 Å². The summed E-state index contributed by atoms with van der Waals surface area (Å²) >= 11 is 0. The first-order valence-corrected chi connectivity index (χ1v) is 6.65. The summed E-state index contributed by atoms with van der Waals surface area (Å²) in [5, 5.41) is 11.9. The molecule has 8 nitrogen and oxygen atoms in total. The van der Waals surface area contributed by atoms with Gasteiger partial charge in [0.05, 0.1) is 0 Å². The third-order valence-electron chi connectivity index (χ3n) is 3.94. The van der Waals surface area contributed by atoms with Crippen LogP contribution in [0.25, 0.3) is 0 Å². The maximum Gasteiger partial charge on any atom is 0.329 e. The highest BCUT2D eigenvalue weighted by Crippen LogP contribution is 2.23. The molecule has 2 aliphatic rings. The molecule has 3 amide bonds. The largest absolute Gasteiger partial charge is 0.480 e. The molecule has 2 aliphatic heterocycles. The van der Waals surface area contributed by atoms with E-state index in [1.807, 2.05) is 0 Å². The normalized spacial score (nSPS) is 25.2. The Labute approximate surface area is 116 Å². The van der Waals surface area contributed by atoms with Crippen LogP contribution in [0, 0.1) is 0 Å². The van der Waals surface area contributed by atoms with Crippen molar-refractivity contribution >= 4 is 17.9 Å². The van der Waals surface area contributed by atoms with Gasteiger partial charge in [-0.25, -0.2) is 9.59 Å². The van der Waals surface area contributed by atoms with E-state index in [4.69, 9.17) is 10.5 Å². The zero-order valence-corrected chi connectivity index (χ0v) is 11.1. The molecule has 2 saturated heterocycles. The number of primary amides is 1. The van der Waals surface area contributed by atoms with Crippen LogP contribution < -0.4 is 11.1 Å². The Kier molecular flexibility index (Phi) is 4.12. The molecule has 0 aromatic carbocycles. The molecule has 0 aromatic rings. The van der Waals surface area contributed by atoms with Gasteiger partial charge in [-0.05, 0) is 12.8 Å². The van der Waals surface area contributed by atoms with Crippen LogP contribution in [-0.2, 0) is 14.3 Å². The van der Waals surface area contributed by atoms with Crippen LogP contribution in [0.3, 0.4) is 0 Å². The molecule has 0 saturated carbocycles. The molecular formula is C12H19N3O5. The van der Waals surface area contributed by atoms with E-state index >= 15 is 0 Å². The number of carbonyl (C=O) groups is 3. The summed E-state index contributed by atoms with van der Waals surface area (Å²) < 4.78 is 5.14. The van der Waals surface area contributed by atoms with E-state index in [0.29, 0.717) is 19.4 Å². The van der Waals surface area contributed by atoms with Crippen LogP contribution in [0.1, 0.15) is 25.7 Å². The highest BCUT2D eigenvalue weighted by molar-refractivity contribution is 5.90. The van der Waals surface area contributed by atoms with E-state index in [2.05, 4.69) is 5.32 Å². The molecule has 0 bridgehead atoms. The first kappa shape index (κ1) is 14.6. The third kappa shape index (κ3) is 2.69. The lowest BCUT2D eigenvalue weighted by Gasteiger charge is -2.36. The molecule has 0 radical (unpaired) electrons. The summed E-state index contributed by atoms with van der Waals surface area (Å²) in [5.41, 5.74) is 3.94. The van der Waals surface area contributed by atoms with Crippen LogP contribution in [0.2, 0.25) is 0 Å². The van der Waals surface area contributed by atoms with Gasteiger partial charge in [0.2, 0.25) is 5.91 Å². The van der Waals surface area contributed by atoms with Crippen molar-refractivity contribution in [1.82, 2.24) is 10.2 Å². The van der Waals surface area contributed by atoms with Gasteiger partial charge >= 0.3 is 12.0 Å². The number of urea groups is 1. The molecule has 0 aromatic heterocycles. The molecule has 2 rings (SSSR count). The second-order valence-electron chi connectivity index (χ2n) is 5.18. The summed E-state index contributed by atoms with van der Waals surface area (Å²) in [6, 6.07) is -1.20. The lowest BCUT2D eigenvalue weighted by atomic mass is 9.90. The van der Waals surface area contributed by atoms with Crippen molar-refractivity contribution < 1.29 is 24.2 Å². The molecule has 0 spiro atoms. The number of hydrogen-bond acceptors (Lipinski definition) is 4. The van der Waals surface area contributed by atoms with Gasteiger partial charge in [0.25, 0.3) is 0 Å². The highest BCUT2D eigenvalue weighted by Gasteiger charge is 2.44. The fourth-order valence-corrected chi connectivity index (χ4v) is 2.69. The van der Waals surface area contributed by atoms with Crippen LogP contribution in [0.15, 0.2) is 0 Å². The fourth-order valence-electron chi connectivity index (χ4n) is 2.69. The smallest absolute Gasteiger partial charge is 0.329 e. The van der Waals surface area contributed by atoms with Crippen molar-refractivity contribution in [2.75, 3.05) is 19.8 Å². The number of carboxylic acids is 1. The molecular weight excluding hydrogens is 266 g/mol. The molecule has 2 fully saturated rings. The Morgan fingerprint density at radius 1 is 1.30 bits per heavy atom. The zero-order valence-electron chi connectivity index (χ0n) is 11.1. The van der Waals surface area contributed by atoms with Gasteiger partial charge in [0, 0.05) is 32.6 Å². The van der Waals surface area contributed by atoms with E-state index in [1.54, 1.807) is 0 Å². The maximum absolute atomic E-state index is 12.2. The number of nitrogens with two attached hydrogens (primary N) is 1. The summed E-state index contributed by atoms with van der Waals surface area (Å²) in [7, 11) is 0. The van der Waals surface area contributed by atoms with Crippen LogP contribution >= 0.6 is 0 Å². The Bertz CT molecular complexity index is 419. The van der Waals surface area contributed by atoms with E-state index in [-0.39, 0.29) is 26.1 Å². The number of likely N-dealkylation sites (tertiary alicyclic amines) is 1. The summed E-state index contributed by atoms with van der Waals surface area (Å²) in [4.78, 5) is 36.3. The average molecular weight is 285 g/mol. The van der Waals surface area contributed by atoms with Crippen LogP contribution in [0.4, 0.5) is 4.79 Å². The standard InChI is InChI=1S/C12H19N3O5/c13-9(16)8-2-1-5-15(8)11(19)14-12(10(17)18)3-6-20-7-4-12/h8H,1-7H2,(H2,13,16)(H,14,19)(H,17,18). The second-order valence-corrected chi connectivity index (χ2v) is 5.18. The molecule has 2 heterocycles. The number of ether oxygens (including phenoxy) is 1. The van der Waals surface area contributed by atoms with Gasteiger partial charge in [0.15, 0.2) is 0 Å². The van der Waals surface area contributed by atoms with Gasteiger partial charge in [-0.2, -0.15) is 0 Å². The molecule has 1 atom stereocenters. The third-order valence-corrected chi connectivity index (χ3v) is 3.94. The summed E-state index contributed by atoms with van der Waals surface area (Å²) in [5.74, 6) is -1.64. The number of aliphatic carboxylic acids is 1. The maximum atomic E-state index is 12.2. The Morgan fingerprint density at radius 3 is 2.50 bits per heavy atom. The lowest BCUT2D eigenvalue weighted by molar-refractivity contribution is -0.148. The quantitative estimate of drug-likeness (QED) is 0.631. The number of amides is 3. The first-order valence-electron chi connectivity index (χ1n) is 6.65. The zero-order chi connectivity index (χ0) is 14.8. The summed E-state index contributed by atoms with van der Waals surface area (Å²) in [6.07, 6.45) is 1.63. The summed E-state index contributed by atoms with van der Waals surface area (Å²) in [6.45, 7) is 0.975. The van der Waals surface area contributed by atoms with E-state index in [1.165, 1.54) is 4.90 Å². The predicted molar refractivity (Wildman–Crippen MR) is 67.9 cm³/mol. The number of rotatable bonds is 3. The minimum atomic E-state index is -1.32. The number of hydrogen-bond donors (Lipinski definition) is 3. The topological polar surface area (TPSA) is 122 Å². The first-order chi connectivity index (χ1) is 9.46. The minimum absolute atomic E-state index is 0.211. The second kappa shape index (κ2) is 5.66. The van der Waals surface area contributed by atoms with E-state index < -0.39 is 29.5 Å². The molecule has 4 N–H and O–H groups in total.